The van der Waals surface area contributed by atoms with E-state index in [1.165, 1.54) is 0 Å². The van der Waals surface area contributed by atoms with Gasteiger partial charge in [0, 0.05) is 31.7 Å². The number of benzene rings is 1. The van der Waals surface area contributed by atoms with Crippen molar-refractivity contribution in [3.8, 4) is 5.75 Å². The summed E-state index contributed by atoms with van der Waals surface area (Å²) in [5.74, 6) is 1.14. The van der Waals surface area contributed by atoms with Gasteiger partial charge in [0.05, 0.1) is 7.11 Å². The van der Waals surface area contributed by atoms with Crippen LogP contribution < -0.4 is 15.4 Å². The second kappa shape index (κ2) is 8.41. The molecular formula is C17H25N3O3. The number of anilines is 1. The summed E-state index contributed by atoms with van der Waals surface area (Å²) in [5, 5.41) is 5.82. The zero-order valence-corrected chi connectivity index (χ0v) is 13.8. The van der Waals surface area contributed by atoms with E-state index in [9.17, 15) is 9.59 Å². The van der Waals surface area contributed by atoms with E-state index in [-0.39, 0.29) is 11.9 Å². The lowest BCUT2D eigenvalue weighted by molar-refractivity contribution is -0.121. The smallest absolute Gasteiger partial charge is 0.321 e. The quantitative estimate of drug-likeness (QED) is 0.876. The van der Waals surface area contributed by atoms with Crippen molar-refractivity contribution >= 4 is 17.6 Å². The molecule has 1 heterocycles. The Morgan fingerprint density at radius 2 is 2.04 bits per heavy atom. The van der Waals surface area contributed by atoms with Crippen molar-refractivity contribution in [1.29, 1.82) is 0 Å². The third kappa shape index (κ3) is 5.16. The lowest BCUT2D eigenvalue weighted by Crippen LogP contribution is -2.45. The number of ether oxygens (including phenoxy) is 1. The van der Waals surface area contributed by atoms with Crippen LogP contribution in [-0.2, 0) is 4.79 Å². The van der Waals surface area contributed by atoms with Gasteiger partial charge in [0.2, 0.25) is 5.91 Å². The van der Waals surface area contributed by atoms with E-state index in [0.717, 1.165) is 30.8 Å². The van der Waals surface area contributed by atoms with Crippen molar-refractivity contribution in [2.45, 2.75) is 26.2 Å². The highest BCUT2D eigenvalue weighted by molar-refractivity contribution is 5.89. The summed E-state index contributed by atoms with van der Waals surface area (Å²) in [4.78, 5) is 25.5. The first-order valence-corrected chi connectivity index (χ1v) is 8.09. The molecule has 23 heavy (non-hydrogen) atoms. The Hall–Kier alpha value is -2.24. The molecule has 1 aromatic carbocycles. The molecule has 0 aliphatic carbocycles. The van der Waals surface area contributed by atoms with Gasteiger partial charge in [-0.05, 0) is 43.0 Å². The topological polar surface area (TPSA) is 70.7 Å². The third-order valence-corrected chi connectivity index (χ3v) is 4.06. The number of hydrogen-bond acceptors (Lipinski definition) is 3. The molecule has 2 rings (SSSR count). The normalized spacial score (nSPS) is 17.5. The molecule has 3 amide bonds. The van der Waals surface area contributed by atoms with Crippen LogP contribution >= 0.6 is 0 Å². The maximum atomic E-state index is 12.4. The summed E-state index contributed by atoms with van der Waals surface area (Å²) < 4.78 is 5.10. The van der Waals surface area contributed by atoms with Gasteiger partial charge in [-0.3, -0.25) is 4.79 Å². The SMILES string of the molecule is CCC(=O)NC[C@H]1CCCN(C(=O)Nc2ccc(OC)cc2)C1. The lowest BCUT2D eigenvalue weighted by atomic mass is 9.98. The molecule has 2 N–H and O–H groups in total. The van der Waals surface area contributed by atoms with Gasteiger partial charge in [-0.25, -0.2) is 4.79 Å². The number of methoxy groups -OCH3 is 1. The molecular weight excluding hydrogens is 294 g/mol. The number of nitrogens with zero attached hydrogens (tertiary/aromatic N) is 1. The first kappa shape index (κ1) is 17.1. The minimum atomic E-state index is -0.0957. The number of rotatable bonds is 5. The third-order valence-electron chi connectivity index (χ3n) is 4.06. The number of carbonyl (C=O) groups excluding carboxylic acids is 2. The molecule has 6 heteroatoms. The van der Waals surface area contributed by atoms with E-state index in [2.05, 4.69) is 10.6 Å². The molecule has 1 aromatic rings. The fourth-order valence-corrected chi connectivity index (χ4v) is 2.68. The second-order valence-electron chi connectivity index (χ2n) is 5.77. The van der Waals surface area contributed by atoms with E-state index in [0.29, 0.717) is 25.4 Å². The molecule has 1 saturated heterocycles. The molecule has 0 spiro atoms. The van der Waals surface area contributed by atoms with Gasteiger partial charge in [-0.1, -0.05) is 6.92 Å². The van der Waals surface area contributed by atoms with E-state index in [1.807, 2.05) is 36.1 Å². The van der Waals surface area contributed by atoms with Crippen LogP contribution in [0.3, 0.4) is 0 Å². The van der Waals surface area contributed by atoms with Gasteiger partial charge < -0.3 is 20.3 Å². The van der Waals surface area contributed by atoms with Crippen LogP contribution in [0.25, 0.3) is 0 Å². The average molecular weight is 319 g/mol. The zero-order valence-electron chi connectivity index (χ0n) is 13.8. The number of amides is 3. The van der Waals surface area contributed by atoms with Crippen molar-refractivity contribution in [3.63, 3.8) is 0 Å². The monoisotopic (exact) mass is 319 g/mol. The fourth-order valence-electron chi connectivity index (χ4n) is 2.68. The molecule has 0 bridgehead atoms. The fraction of sp³-hybridized carbons (Fsp3) is 0.529. The number of carbonyl (C=O) groups is 2. The minimum Gasteiger partial charge on any atom is -0.497 e. The van der Waals surface area contributed by atoms with Crippen molar-refractivity contribution in [2.24, 2.45) is 5.92 Å². The summed E-state index contributed by atoms with van der Waals surface area (Å²) in [6.07, 6.45) is 2.49. The maximum absolute atomic E-state index is 12.4. The first-order valence-electron chi connectivity index (χ1n) is 8.09. The molecule has 1 aliphatic rings. The molecule has 0 unspecified atom stereocenters. The Balaban J connectivity index is 1.84. The summed E-state index contributed by atoms with van der Waals surface area (Å²) in [5.41, 5.74) is 0.747. The molecule has 1 fully saturated rings. The van der Waals surface area contributed by atoms with E-state index >= 15 is 0 Å². The Morgan fingerprint density at radius 1 is 1.30 bits per heavy atom. The summed E-state index contributed by atoms with van der Waals surface area (Å²) in [6.45, 7) is 3.90. The van der Waals surface area contributed by atoms with Crippen LogP contribution in [-0.4, -0.2) is 43.6 Å². The molecule has 0 saturated carbocycles. The number of likely N-dealkylation sites (tertiary alicyclic amines) is 1. The Bertz CT molecular complexity index is 530. The summed E-state index contributed by atoms with van der Waals surface area (Å²) >= 11 is 0. The molecule has 6 nitrogen and oxygen atoms in total. The van der Waals surface area contributed by atoms with Gasteiger partial charge in [-0.2, -0.15) is 0 Å². The van der Waals surface area contributed by atoms with Gasteiger partial charge in [-0.15, -0.1) is 0 Å². The van der Waals surface area contributed by atoms with Crippen molar-refractivity contribution in [3.05, 3.63) is 24.3 Å². The van der Waals surface area contributed by atoms with Crippen LogP contribution in [0, 0.1) is 5.92 Å². The Labute approximate surface area is 137 Å². The van der Waals surface area contributed by atoms with Crippen LogP contribution in [0.5, 0.6) is 5.75 Å². The molecule has 1 atom stereocenters. The Morgan fingerprint density at radius 3 is 2.70 bits per heavy atom. The van der Waals surface area contributed by atoms with Gasteiger partial charge in [0.1, 0.15) is 5.75 Å². The second-order valence-corrected chi connectivity index (χ2v) is 5.77. The maximum Gasteiger partial charge on any atom is 0.321 e. The molecule has 126 valence electrons. The van der Waals surface area contributed by atoms with E-state index in [1.54, 1.807) is 7.11 Å². The predicted octanol–water partition coefficient (Wildman–Crippen LogP) is 2.47. The number of nitrogens with one attached hydrogen (secondary N) is 2. The van der Waals surface area contributed by atoms with Crippen molar-refractivity contribution in [1.82, 2.24) is 10.2 Å². The van der Waals surface area contributed by atoms with Crippen molar-refractivity contribution < 1.29 is 14.3 Å². The van der Waals surface area contributed by atoms with Crippen molar-refractivity contribution in [2.75, 3.05) is 32.1 Å². The first-order chi connectivity index (χ1) is 11.1. The van der Waals surface area contributed by atoms with E-state index < -0.39 is 0 Å². The number of piperidine rings is 1. The number of urea groups is 1. The molecule has 1 aliphatic heterocycles. The zero-order chi connectivity index (χ0) is 16.7. The molecule has 0 aromatic heterocycles. The summed E-state index contributed by atoms with van der Waals surface area (Å²) in [6, 6.07) is 7.17. The van der Waals surface area contributed by atoms with E-state index in [4.69, 9.17) is 4.74 Å². The van der Waals surface area contributed by atoms with Gasteiger partial charge >= 0.3 is 6.03 Å². The average Bonchev–Trinajstić information content (AvgIpc) is 2.60. The van der Waals surface area contributed by atoms with Crippen LogP contribution in [0.15, 0.2) is 24.3 Å². The summed E-state index contributed by atoms with van der Waals surface area (Å²) in [7, 11) is 1.61. The number of hydrogen-bond donors (Lipinski definition) is 2. The predicted molar refractivity (Wildman–Crippen MR) is 89.6 cm³/mol. The van der Waals surface area contributed by atoms with Crippen LogP contribution in [0.4, 0.5) is 10.5 Å². The Kier molecular flexibility index (Phi) is 6.26. The van der Waals surface area contributed by atoms with Crippen LogP contribution in [0.2, 0.25) is 0 Å². The lowest BCUT2D eigenvalue weighted by Gasteiger charge is -2.32. The van der Waals surface area contributed by atoms with Gasteiger partial charge in [0.25, 0.3) is 0 Å². The largest absolute Gasteiger partial charge is 0.497 e. The van der Waals surface area contributed by atoms with Crippen LogP contribution in [0.1, 0.15) is 26.2 Å². The standard InChI is InChI=1S/C17H25N3O3/c1-3-16(21)18-11-13-5-4-10-20(12-13)17(22)19-14-6-8-15(23-2)9-7-14/h6-9,13H,3-5,10-12H2,1-2H3,(H,18,21)(H,19,22)/t13-/m1/s1. The van der Waals surface area contributed by atoms with Gasteiger partial charge in [0.15, 0.2) is 0 Å². The highest BCUT2D eigenvalue weighted by Crippen LogP contribution is 2.19. The molecule has 0 radical (unpaired) electrons. The highest BCUT2D eigenvalue weighted by atomic mass is 16.5. The minimum absolute atomic E-state index is 0.0600. The highest BCUT2D eigenvalue weighted by Gasteiger charge is 2.23.